The Morgan fingerprint density at radius 2 is 2.35 bits per heavy atom. The predicted molar refractivity (Wildman–Crippen MR) is 59.3 cm³/mol. The lowest BCUT2D eigenvalue weighted by Crippen LogP contribution is -2.48. The fourth-order valence-electron chi connectivity index (χ4n) is 1.21. The molecule has 1 aromatic heterocycles. The Kier molecular flexibility index (Phi) is 4.95. The van der Waals surface area contributed by atoms with Crippen molar-refractivity contribution in [3.8, 4) is 0 Å². The monoisotopic (exact) mass is 241 g/mol. The molecule has 0 spiro atoms. The third kappa shape index (κ3) is 4.51. The van der Waals surface area contributed by atoms with Gasteiger partial charge in [0.2, 0.25) is 0 Å². The maximum atomic E-state index is 11.3. The number of H-pyrrole nitrogens is 1. The van der Waals surface area contributed by atoms with Crippen LogP contribution in [0.5, 0.6) is 0 Å². The number of carboxylic acids is 1. The largest absolute Gasteiger partial charge is 0.480 e. The fraction of sp³-hybridized carbons (Fsp3) is 0.444. The van der Waals surface area contributed by atoms with Gasteiger partial charge >= 0.3 is 12.0 Å². The van der Waals surface area contributed by atoms with Gasteiger partial charge in [-0.15, -0.1) is 0 Å². The summed E-state index contributed by atoms with van der Waals surface area (Å²) in [7, 11) is 0. The number of aliphatic carboxylic acids is 1. The highest BCUT2D eigenvalue weighted by atomic mass is 16.4. The molecule has 1 heterocycles. The molecule has 0 fully saturated rings. The van der Waals surface area contributed by atoms with Gasteiger partial charge in [-0.2, -0.15) is 0 Å². The van der Waals surface area contributed by atoms with Crippen molar-refractivity contribution in [2.75, 3.05) is 13.1 Å². The molecule has 1 rings (SSSR count). The molecule has 17 heavy (non-hydrogen) atoms. The number of nitrogens with zero attached hydrogens (tertiary/aromatic N) is 1. The number of aromatic nitrogens is 2. The molecule has 8 heteroatoms. The number of aromatic amines is 1. The molecule has 0 saturated carbocycles. The van der Waals surface area contributed by atoms with E-state index in [1.165, 1.54) is 12.5 Å². The molecule has 2 amide bonds. The molecule has 0 aliphatic heterocycles. The summed E-state index contributed by atoms with van der Waals surface area (Å²) in [5, 5.41) is 13.7. The lowest BCUT2D eigenvalue weighted by molar-refractivity contribution is -0.139. The third-order valence-electron chi connectivity index (χ3n) is 2.01. The number of carboxylic acid groups (broad SMARTS) is 1. The number of carbonyl (C=O) groups is 2. The van der Waals surface area contributed by atoms with Gasteiger partial charge in [0.15, 0.2) is 0 Å². The second-order valence-electron chi connectivity index (χ2n) is 3.36. The van der Waals surface area contributed by atoms with Gasteiger partial charge in [-0.3, -0.25) is 0 Å². The van der Waals surface area contributed by atoms with E-state index in [0.717, 1.165) is 0 Å². The highest BCUT2D eigenvalue weighted by Crippen LogP contribution is 1.98. The average molecular weight is 241 g/mol. The molecule has 0 saturated heterocycles. The van der Waals surface area contributed by atoms with Crippen molar-refractivity contribution < 1.29 is 14.7 Å². The van der Waals surface area contributed by atoms with Crippen LogP contribution in [-0.2, 0) is 11.2 Å². The van der Waals surface area contributed by atoms with Crippen LogP contribution in [0.2, 0.25) is 0 Å². The van der Waals surface area contributed by atoms with E-state index in [0.29, 0.717) is 18.8 Å². The lowest BCUT2D eigenvalue weighted by Gasteiger charge is -2.14. The number of nitrogens with one attached hydrogen (secondary N) is 3. The number of carbonyl (C=O) groups excluding carboxylic acids is 1. The summed E-state index contributed by atoms with van der Waals surface area (Å²) in [5.41, 5.74) is 5.84. The number of urea groups is 1. The summed E-state index contributed by atoms with van der Waals surface area (Å²) in [4.78, 5) is 28.8. The maximum absolute atomic E-state index is 11.3. The Morgan fingerprint density at radius 3 is 2.88 bits per heavy atom. The summed E-state index contributed by atoms with van der Waals surface area (Å²) in [6.45, 7) is 0.591. The number of rotatable bonds is 6. The highest BCUT2D eigenvalue weighted by Gasteiger charge is 2.20. The summed E-state index contributed by atoms with van der Waals surface area (Å²) >= 11 is 0. The quantitative estimate of drug-likeness (QED) is 0.420. The van der Waals surface area contributed by atoms with Gasteiger partial charge in [-0.05, 0) is 0 Å². The van der Waals surface area contributed by atoms with Crippen molar-refractivity contribution in [3.63, 3.8) is 0 Å². The van der Waals surface area contributed by atoms with Crippen molar-refractivity contribution in [2.45, 2.75) is 12.5 Å². The molecule has 0 bridgehead atoms. The minimum absolute atomic E-state index is 0.144. The second-order valence-corrected chi connectivity index (χ2v) is 3.36. The van der Waals surface area contributed by atoms with Crippen LogP contribution in [0.4, 0.5) is 4.79 Å². The molecule has 0 radical (unpaired) electrons. The standard InChI is InChI=1S/C9H15N5O3/c10-1-2-12-9(17)14-7(8(15)16)3-6-4-11-5-13-6/h4-5,7H,1-3,10H2,(H,11,13)(H,15,16)(H2,12,14,17)/t7-/m1/s1. The van der Waals surface area contributed by atoms with Crippen LogP contribution in [0, 0.1) is 0 Å². The molecule has 0 aromatic carbocycles. The molecule has 6 N–H and O–H groups in total. The van der Waals surface area contributed by atoms with Crippen molar-refractivity contribution in [3.05, 3.63) is 18.2 Å². The van der Waals surface area contributed by atoms with Gasteiger partial charge in [0.05, 0.1) is 6.33 Å². The van der Waals surface area contributed by atoms with Gasteiger partial charge in [0.25, 0.3) is 0 Å². The Hall–Kier alpha value is -2.09. The zero-order valence-electron chi connectivity index (χ0n) is 9.14. The minimum Gasteiger partial charge on any atom is -0.480 e. The van der Waals surface area contributed by atoms with Crippen LogP contribution < -0.4 is 16.4 Å². The van der Waals surface area contributed by atoms with E-state index in [4.69, 9.17) is 10.8 Å². The van der Waals surface area contributed by atoms with Crippen LogP contribution in [0.3, 0.4) is 0 Å². The first-order valence-electron chi connectivity index (χ1n) is 5.08. The number of hydrogen-bond acceptors (Lipinski definition) is 4. The summed E-state index contributed by atoms with van der Waals surface area (Å²) < 4.78 is 0. The Morgan fingerprint density at radius 1 is 1.59 bits per heavy atom. The van der Waals surface area contributed by atoms with E-state index < -0.39 is 18.0 Å². The maximum Gasteiger partial charge on any atom is 0.326 e. The third-order valence-corrected chi connectivity index (χ3v) is 2.01. The van der Waals surface area contributed by atoms with E-state index in [-0.39, 0.29) is 6.42 Å². The summed E-state index contributed by atoms with van der Waals surface area (Å²) in [6, 6.07) is -1.56. The van der Waals surface area contributed by atoms with E-state index in [1.807, 2.05) is 0 Å². The first-order chi connectivity index (χ1) is 8.13. The molecule has 0 unspecified atom stereocenters. The molecular formula is C9H15N5O3. The smallest absolute Gasteiger partial charge is 0.326 e. The van der Waals surface area contributed by atoms with Gasteiger partial charge in [-0.1, -0.05) is 0 Å². The normalized spacial score (nSPS) is 11.8. The van der Waals surface area contributed by atoms with Crippen molar-refractivity contribution in [1.29, 1.82) is 0 Å². The fourth-order valence-corrected chi connectivity index (χ4v) is 1.21. The van der Waals surface area contributed by atoms with Crippen molar-refractivity contribution in [1.82, 2.24) is 20.6 Å². The van der Waals surface area contributed by atoms with E-state index in [1.54, 1.807) is 0 Å². The average Bonchev–Trinajstić information content (AvgIpc) is 2.78. The molecule has 8 nitrogen and oxygen atoms in total. The number of amides is 2. The van der Waals surface area contributed by atoms with E-state index >= 15 is 0 Å². The number of nitrogens with two attached hydrogens (primary N) is 1. The number of imidazole rings is 1. The van der Waals surface area contributed by atoms with Crippen LogP contribution in [-0.4, -0.2) is 46.2 Å². The molecule has 0 aliphatic rings. The van der Waals surface area contributed by atoms with Gasteiger partial charge < -0.3 is 26.5 Å². The minimum atomic E-state index is -1.11. The van der Waals surface area contributed by atoms with E-state index in [2.05, 4.69) is 20.6 Å². The first-order valence-corrected chi connectivity index (χ1v) is 5.08. The highest BCUT2D eigenvalue weighted by molar-refractivity contribution is 5.82. The van der Waals surface area contributed by atoms with Crippen molar-refractivity contribution in [2.24, 2.45) is 5.73 Å². The Balaban J connectivity index is 2.49. The van der Waals surface area contributed by atoms with Crippen LogP contribution in [0.25, 0.3) is 0 Å². The Labute approximate surface area is 97.6 Å². The molecule has 1 aromatic rings. The SMILES string of the molecule is NCCNC(=O)N[C@H](Cc1cnc[nH]1)C(=O)O. The summed E-state index contributed by atoms with van der Waals surface area (Å²) in [5.74, 6) is -1.11. The van der Waals surface area contributed by atoms with Gasteiger partial charge in [0.1, 0.15) is 6.04 Å². The lowest BCUT2D eigenvalue weighted by atomic mass is 10.2. The number of hydrogen-bond donors (Lipinski definition) is 5. The predicted octanol–water partition coefficient (Wildman–Crippen LogP) is -1.34. The topological polar surface area (TPSA) is 133 Å². The summed E-state index contributed by atoms with van der Waals surface area (Å²) in [6.07, 6.45) is 3.10. The first kappa shape index (κ1) is 13.0. The van der Waals surface area contributed by atoms with E-state index in [9.17, 15) is 9.59 Å². The molecule has 0 aliphatic carbocycles. The van der Waals surface area contributed by atoms with Gasteiger partial charge in [-0.25, -0.2) is 14.6 Å². The van der Waals surface area contributed by atoms with Gasteiger partial charge in [0, 0.05) is 31.4 Å². The Bertz CT molecular complexity index is 365. The van der Waals surface area contributed by atoms with Crippen molar-refractivity contribution >= 4 is 12.0 Å². The molecule has 1 atom stereocenters. The van der Waals surface area contributed by atoms with Crippen LogP contribution in [0.15, 0.2) is 12.5 Å². The van der Waals surface area contributed by atoms with Crippen LogP contribution in [0.1, 0.15) is 5.69 Å². The molecule has 94 valence electrons. The molecular weight excluding hydrogens is 226 g/mol. The van der Waals surface area contributed by atoms with Crippen LogP contribution >= 0.6 is 0 Å². The second kappa shape index (κ2) is 6.48. The zero-order valence-corrected chi connectivity index (χ0v) is 9.14. The zero-order chi connectivity index (χ0) is 12.7.